The summed E-state index contributed by atoms with van der Waals surface area (Å²) >= 11 is 3.42. The van der Waals surface area contributed by atoms with Gasteiger partial charge in [-0.15, -0.1) is 12.4 Å². The van der Waals surface area contributed by atoms with E-state index in [1.807, 2.05) is 31.2 Å². The average molecular weight is 388 g/mol. The van der Waals surface area contributed by atoms with Gasteiger partial charge in [-0.2, -0.15) is 0 Å². The van der Waals surface area contributed by atoms with Crippen LogP contribution in [-0.2, 0) is 19.4 Å². The molecule has 0 aliphatic rings. The van der Waals surface area contributed by atoms with E-state index in [0.717, 1.165) is 34.4 Å². The van der Waals surface area contributed by atoms with Gasteiger partial charge in [0, 0.05) is 17.4 Å². The number of aromatic nitrogens is 2. The Balaban J connectivity index is 0.00000242. The van der Waals surface area contributed by atoms with E-state index in [1.165, 1.54) is 0 Å². The van der Waals surface area contributed by atoms with Gasteiger partial charge in [-0.05, 0) is 30.5 Å². The van der Waals surface area contributed by atoms with E-state index >= 15 is 0 Å². The molecule has 22 heavy (non-hydrogen) atoms. The van der Waals surface area contributed by atoms with Crippen LogP contribution >= 0.6 is 28.3 Å². The standard InChI is InChI=1S/C16H19BrN2O2.ClH/c1-3-5-14-18-15(16(20)21)13(4-2)19(14)10-11-6-8-12(17)9-7-11;/h6-9H,3-5,10H2,1-2H3,(H,20,21);1H. The van der Waals surface area contributed by atoms with Crippen molar-refractivity contribution >= 4 is 34.3 Å². The molecule has 1 aromatic carbocycles. The maximum absolute atomic E-state index is 11.4. The van der Waals surface area contributed by atoms with Crippen LogP contribution < -0.4 is 0 Å². The van der Waals surface area contributed by atoms with Gasteiger partial charge in [0.05, 0.1) is 5.69 Å². The van der Waals surface area contributed by atoms with Crippen LogP contribution in [0.5, 0.6) is 0 Å². The van der Waals surface area contributed by atoms with Gasteiger partial charge in [0.1, 0.15) is 5.82 Å². The Bertz CT molecular complexity index is 638. The number of aromatic carboxylic acids is 1. The molecule has 0 amide bonds. The number of hydrogen-bond donors (Lipinski definition) is 1. The predicted molar refractivity (Wildman–Crippen MR) is 93.1 cm³/mol. The second-order valence-corrected chi connectivity index (χ2v) is 5.86. The van der Waals surface area contributed by atoms with Crippen molar-refractivity contribution < 1.29 is 9.90 Å². The van der Waals surface area contributed by atoms with E-state index in [-0.39, 0.29) is 18.1 Å². The zero-order valence-corrected chi connectivity index (χ0v) is 15.1. The van der Waals surface area contributed by atoms with Gasteiger partial charge in [-0.1, -0.05) is 41.9 Å². The summed E-state index contributed by atoms with van der Waals surface area (Å²) in [5.41, 5.74) is 2.13. The highest BCUT2D eigenvalue weighted by molar-refractivity contribution is 9.10. The third-order valence-electron chi connectivity index (χ3n) is 3.42. The van der Waals surface area contributed by atoms with Crippen LogP contribution in [-0.4, -0.2) is 20.6 Å². The number of halogens is 2. The number of imidazole rings is 1. The Morgan fingerprint density at radius 2 is 1.91 bits per heavy atom. The first-order chi connectivity index (χ1) is 10.1. The molecule has 0 fully saturated rings. The van der Waals surface area contributed by atoms with Crippen molar-refractivity contribution in [2.45, 2.75) is 39.7 Å². The fourth-order valence-corrected chi connectivity index (χ4v) is 2.70. The summed E-state index contributed by atoms with van der Waals surface area (Å²) < 4.78 is 3.09. The highest BCUT2D eigenvalue weighted by Gasteiger charge is 2.20. The van der Waals surface area contributed by atoms with E-state index in [2.05, 4.69) is 32.4 Å². The summed E-state index contributed by atoms with van der Waals surface area (Å²) in [6.45, 7) is 4.70. The Morgan fingerprint density at radius 3 is 2.41 bits per heavy atom. The lowest BCUT2D eigenvalue weighted by molar-refractivity contribution is 0.0689. The lowest BCUT2D eigenvalue weighted by atomic mass is 10.2. The molecule has 2 aromatic rings. The van der Waals surface area contributed by atoms with Crippen LogP contribution in [0.25, 0.3) is 0 Å². The highest BCUT2D eigenvalue weighted by Crippen LogP contribution is 2.18. The molecule has 0 radical (unpaired) electrons. The molecule has 2 rings (SSSR count). The van der Waals surface area contributed by atoms with Crippen molar-refractivity contribution in [3.05, 3.63) is 51.5 Å². The van der Waals surface area contributed by atoms with Gasteiger partial charge in [0.2, 0.25) is 0 Å². The Kier molecular flexibility index (Phi) is 7.10. The molecule has 1 aromatic heterocycles. The molecule has 4 nitrogen and oxygen atoms in total. The Labute approximate surface area is 145 Å². The fraction of sp³-hybridized carbons (Fsp3) is 0.375. The smallest absolute Gasteiger partial charge is 0.356 e. The molecule has 6 heteroatoms. The molecule has 0 saturated carbocycles. The third kappa shape index (κ3) is 4.11. The molecule has 0 atom stereocenters. The number of rotatable bonds is 6. The number of carbonyl (C=O) groups is 1. The summed E-state index contributed by atoms with van der Waals surface area (Å²) in [7, 11) is 0. The summed E-state index contributed by atoms with van der Waals surface area (Å²) in [6, 6.07) is 8.07. The van der Waals surface area contributed by atoms with Crippen LogP contribution in [0, 0.1) is 0 Å². The molecule has 1 heterocycles. The van der Waals surface area contributed by atoms with Gasteiger partial charge >= 0.3 is 5.97 Å². The van der Waals surface area contributed by atoms with E-state index in [0.29, 0.717) is 13.0 Å². The molecule has 1 N–H and O–H groups in total. The summed E-state index contributed by atoms with van der Waals surface area (Å²) in [4.78, 5) is 15.7. The molecule has 0 unspecified atom stereocenters. The van der Waals surface area contributed by atoms with Gasteiger partial charge in [-0.3, -0.25) is 0 Å². The minimum Gasteiger partial charge on any atom is -0.476 e. The largest absolute Gasteiger partial charge is 0.476 e. The van der Waals surface area contributed by atoms with Gasteiger partial charge < -0.3 is 9.67 Å². The Hall–Kier alpha value is -1.33. The SMILES string of the molecule is CCCc1nc(C(=O)O)c(CC)n1Cc1ccc(Br)cc1.Cl. The first-order valence-corrected chi connectivity index (χ1v) is 7.92. The zero-order chi connectivity index (χ0) is 15.4. The molecule has 0 spiro atoms. The van der Waals surface area contributed by atoms with Crippen molar-refractivity contribution in [2.75, 3.05) is 0 Å². The first kappa shape index (κ1) is 18.7. The van der Waals surface area contributed by atoms with Crippen LogP contribution in [0.2, 0.25) is 0 Å². The van der Waals surface area contributed by atoms with Gasteiger partial charge in [-0.25, -0.2) is 9.78 Å². The molecule has 0 aliphatic carbocycles. The lowest BCUT2D eigenvalue weighted by Crippen LogP contribution is -2.09. The van der Waals surface area contributed by atoms with Gasteiger partial charge in [0.25, 0.3) is 0 Å². The van der Waals surface area contributed by atoms with Gasteiger partial charge in [0.15, 0.2) is 5.69 Å². The van der Waals surface area contributed by atoms with Crippen LogP contribution in [0.3, 0.4) is 0 Å². The van der Waals surface area contributed by atoms with E-state index in [9.17, 15) is 9.90 Å². The van der Waals surface area contributed by atoms with E-state index in [4.69, 9.17) is 0 Å². The van der Waals surface area contributed by atoms with Crippen LogP contribution in [0.1, 0.15) is 47.8 Å². The number of nitrogens with zero attached hydrogens (tertiary/aromatic N) is 2. The number of benzene rings is 1. The van der Waals surface area contributed by atoms with Crippen molar-refractivity contribution in [3.8, 4) is 0 Å². The molecule has 0 saturated heterocycles. The summed E-state index contributed by atoms with van der Waals surface area (Å²) in [5.74, 6) is -0.0894. The van der Waals surface area contributed by atoms with E-state index in [1.54, 1.807) is 0 Å². The normalized spacial score (nSPS) is 10.3. The van der Waals surface area contributed by atoms with Crippen LogP contribution in [0.15, 0.2) is 28.7 Å². The quantitative estimate of drug-likeness (QED) is 0.802. The molecular weight excluding hydrogens is 368 g/mol. The molecule has 0 bridgehead atoms. The minimum absolute atomic E-state index is 0. The molecule has 0 aliphatic heterocycles. The highest BCUT2D eigenvalue weighted by atomic mass is 79.9. The predicted octanol–water partition coefficient (Wildman–Crippen LogP) is 4.33. The number of carboxylic acid groups (broad SMARTS) is 1. The number of aryl methyl sites for hydroxylation is 1. The maximum Gasteiger partial charge on any atom is 0.356 e. The molecular formula is C16H20BrClN2O2. The minimum atomic E-state index is -0.946. The summed E-state index contributed by atoms with van der Waals surface area (Å²) in [6.07, 6.45) is 2.39. The monoisotopic (exact) mass is 386 g/mol. The third-order valence-corrected chi connectivity index (χ3v) is 3.95. The first-order valence-electron chi connectivity index (χ1n) is 7.12. The Morgan fingerprint density at radius 1 is 1.27 bits per heavy atom. The molecule has 120 valence electrons. The number of hydrogen-bond acceptors (Lipinski definition) is 2. The number of carboxylic acids is 1. The summed E-state index contributed by atoms with van der Waals surface area (Å²) in [5, 5.41) is 9.32. The zero-order valence-electron chi connectivity index (χ0n) is 12.7. The topological polar surface area (TPSA) is 55.1 Å². The second kappa shape index (κ2) is 8.34. The van der Waals surface area contributed by atoms with Crippen molar-refractivity contribution in [3.63, 3.8) is 0 Å². The van der Waals surface area contributed by atoms with Crippen molar-refractivity contribution in [1.82, 2.24) is 9.55 Å². The van der Waals surface area contributed by atoms with Crippen LogP contribution in [0.4, 0.5) is 0 Å². The van der Waals surface area contributed by atoms with Crippen molar-refractivity contribution in [1.29, 1.82) is 0 Å². The second-order valence-electron chi connectivity index (χ2n) is 4.94. The average Bonchev–Trinajstić information content (AvgIpc) is 2.80. The maximum atomic E-state index is 11.4. The van der Waals surface area contributed by atoms with Crippen molar-refractivity contribution in [2.24, 2.45) is 0 Å². The lowest BCUT2D eigenvalue weighted by Gasteiger charge is -2.11. The fourth-order valence-electron chi connectivity index (χ4n) is 2.44. The van der Waals surface area contributed by atoms with E-state index < -0.39 is 5.97 Å².